The molecule has 2 aliphatic rings. The fourth-order valence-corrected chi connectivity index (χ4v) is 5.96. The van der Waals surface area contributed by atoms with Crippen molar-refractivity contribution in [3.8, 4) is 5.75 Å². The second-order valence-electron chi connectivity index (χ2n) is 10.7. The molecule has 2 aromatic rings. The van der Waals surface area contributed by atoms with Gasteiger partial charge in [0.2, 0.25) is 0 Å². The number of piperazine rings is 1. The molecular formula is C30H39F6N3O. The summed E-state index contributed by atoms with van der Waals surface area (Å²) in [7, 11) is 0. The second kappa shape index (κ2) is 13.6. The fourth-order valence-electron chi connectivity index (χ4n) is 5.96. The Hall–Kier alpha value is -2.30. The van der Waals surface area contributed by atoms with E-state index in [1.165, 1.54) is 19.3 Å². The lowest BCUT2D eigenvalue weighted by Gasteiger charge is -2.43. The van der Waals surface area contributed by atoms with Crippen LogP contribution in [-0.2, 0) is 18.8 Å². The van der Waals surface area contributed by atoms with Crippen molar-refractivity contribution in [1.82, 2.24) is 15.1 Å². The number of hydrogen-bond acceptors (Lipinski definition) is 4. The summed E-state index contributed by atoms with van der Waals surface area (Å²) >= 11 is 0. The van der Waals surface area contributed by atoms with E-state index in [0.717, 1.165) is 49.4 Å². The predicted molar refractivity (Wildman–Crippen MR) is 143 cm³/mol. The van der Waals surface area contributed by atoms with Crippen LogP contribution in [0.1, 0.15) is 67.3 Å². The molecule has 0 amide bonds. The Morgan fingerprint density at radius 2 is 1.50 bits per heavy atom. The summed E-state index contributed by atoms with van der Waals surface area (Å²) in [5.41, 5.74) is -1.51. The van der Waals surface area contributed by atoms with Gasteiger partial charge in [-0.25, -0.2) is 0 Å². The third kappa shape index (κ3) is 8.13. The molecule has 222 valence electrons. The zero-order chi connectivity index (χ0) is 28.8. The molecule has 1 aliphatic heterocycles. The van der Waals surface area contributed by atoms with Crippen molar-refractivity contribution in [1.29, 1.82) is 0 Å². The maximum atomic E-state index is 13.7. The van der Waals surface area contributed by atoms with Crippen molar-refractivity contribution in [2.75, 3.05) is 45.9 Å². The molecule has 1 saturated heterocycles. The Balaban J connectivity index is 1.53. The summed E-state index contributed by atoms with van der Waals surface area (Å²) in [6.07, 6.45) is -3.19. The van der Waals surface area contributed by atoms with E-state index < -0.39 is 29.5 Å². The molecular weight excluding hydrogens is 532 g/mol. The van der Waals surface area contributed by atoms with Crippen LogP contribution in [0.15, 0.2) is 42.5 Å². The minimum Gasteiger partial charge on any atom is -0.494 e. The maximum absolute atomic E-state index is 13.7. The molecule has 1 heterocycles. The van der Waals surface area contributed by atoms with Crippen LogP contribution in [0.25, 0.3) is 0 Å². The van der Waals surface area contributed by atoms with Gasteiger partial charge in [-0.05, 0) is 68.1 Å². The molecule has 1 atom stereocenters. The monoisotopic (exact) mass is 571 g/mol. The minimum absolute atomic E-state index is 0.0375. The van der Waals surface area contributed by atoms with Gasteiger partial charge < -0.3 is 10.1 Å². The highest BCUT2D eigenvalue weighted by atomic mass is 19.4. The van der Waals surface area contributed by atoms with Gasteiger partial charge in [0.15, 0.2) is 0 Å². The van der Waals surface area contributed by atoms with Crippen LogP contribution in [0.4, 0.5) is 26.3 Å². The van der Waals surface area contributed by atoms with Gasteiger partial charge in [0.1, 0.15) is 5.75 Å². The lowest BCUT2D eigenvalue weighted by Crippen LogP contribution is -2.52. The Bertz CT molecular complexity index is 1040. The van der Waals surface area contributed by atoms with Crippen LogP contribution in [-0.4, -0.2) is 61.7 Å². The molecule has 0 radical (unpaired) electrons. The van der Waals surface area contributed by atoms with Gasteiger partial charge in [-0.3, -0.25) is 9.80 Å². The molecule has 10 heteroatoms. The van der Waals surface area contributed by atoms with E-state index >= 15 is 0 Å². The zero-order valence-electron chi connectivity index (χ0n) is 23.0. The Morgan fingerprint density at radius 3 is 2.10 bits per heavy atom. The topological polar surface area (TPSA) is 27.7 Å². The highest BCUT2D eigenvalue weighted by Crippen LogP contribution is 2.38. The molecule has 0 bridgehead atoms. The van der Waals surface area contributed by atoms with Crippen LogP contribution >= 0.6 is 0 Å². The number of benzene rings is 2. The van der Waals surface area contributed by atoms with Crippen molar-refractivity contribution < 1.29 is 31.1 Å². The SMILES string of the molecule is CCOc1ccccc1CCNCC(c1cc(C(F)(F)F)cc(C(F)(F)F)c1)N1CCN(C2CCCCC2)CC1. The van der Waals surface area contributed by atoms with Gasteiger partial charge in [0.25, 0.3) is 0 Å². The quantitative estimate of drug-likeness (QED) is 0.247. The van der Waals surface area contributed by atoms with Gasteiger partial charge >= 0.3 is 12.4 Å². The Labute approximate surface area is 232 Å². The van der Waals surface area contributed by atoms with E-state index in [0.29, 0.717) is 38.7 Å². The summed E-state index contributed by atoms with van der Waals surface area (Å²) in [5, 5.41) is 3.32. The Morgan fingerprint density at radius 1 is 0.875 bits per heavy atom. The number of nitrogens with zero attached hydrogens (tertiary/aromatic N) is 2. The van der Waals surface area contributed by atoms with E-state index in [-0.39, 0.29) is 18.2 Å². The average molecular weight is 572 g/mol. The summed E-state index contributed by atoms with van der Waals surface area (Å²) < 4.78 is 87.7. The number of rotatable bonds is 10. The molecule has 4 rings (SSSR count). The lowest BCUT2D eigenvalue weighted by molar-refractivity contribution is -0.143. The molecule has 2 aromatic carbocycles. The molecule has 2 fully saturated rings. The second-order valence-corrected chi connectivity index (χ2v) is 10.7. The summed E-state index contributed by atoms with van der Waals surface area (Å²) in [5.74, 6) is 0.773. The van der Waals surface area contributed by atoms with Crippen LogP contribution in [0.5, 0.6) is 5.75 Å². The standard InChI is InChI=1S/C30H39F6N3O/c1-2-40-28-11-7-6-8-22(28)12-13-37-21-27(39-16-14-38(15-17-39)26-9-4-3-5-10-26)23-18-24(29(31,32)33)20-25(19-23)30(34,35)36/h6-8,11,18-20,26-27,37H,2-5,9-10,12-17,21H2,1H3. The predicted octanol–water partition coefficient (Wildman–Crippen LogP) is 6.95. The normalized spacial score (nSPS) is 19.1. The van der Waals surface area contributed by atoms with Crippen molar-refractivity contribution >= 4 is 0 Å². The summed E-state index contributed by atoms with van der Waals surface area (Å²) in [4.78, 5) is 4.48. The molecule has 0 aromatic heterocycles. The minimum atomic E-state index is -4.88. The third-order valence-electron chi connectivity index (χ3n) is 8.06. The molecule has 40 heavy (non-hydrogen) atoms. The number of ether oxygens (including phenoxy) is 1. The van der Waals surface area contributed by atoms with Crippen LogP contribution in [0, 0.1) is 0 Å². The first-order valence-corrected chi connectivity index (χ1v) is 14.2. The van der Waals surface area contributed by atoms with Crippen molar-refractivity contribution in [2.24, 2.45) is 0 Å². The fraction of sp³-hybridized carbons (Fsp3) is 0.600. The van der Waals surface area contributed by atoms with E-state index in [1.54, 1.807) is 0 Å². The third-order valence-corrected chi connectivity index (χ3v) is 8.06. The first kappa shape index (κ1) is 30.7. The number of halogens is 6. The van der Waals surface area contributed by atoms with Crippen molar-refractivity contribution in [2.45, 2.75) is 69.9 Å². The molecule has 1 N–H and O–H groups in total. The molecule has 1 unspecified atom stereocenters. The number of nitrogens with one attached hydrogen (secondary N) is 1. The zero-order valence-corrected chi connectivity index (χ0v) is 23.0. The first-order valence-electron chi connectivity index (χ1n) is 14.2. The smallest absolute Gasteiger partial charge is 0.416 e. The van der Waals surface area contributed by atoms with E-state index in [1.807, 2.05) is 36.1 Å². The largest absolute Gasteiger partial charge is 0.494 e. The van der Waals surface area contributed by atoms with Gasteiger partial charge in [-0.1, -0.05) is 37.5 Å². The first-order chi connectivity index (χ1) is 19.1. The highest BCUT2D eigenvalue weighted by molar-refractivity contribution is 5.36. The molecule has 1 aliphatic carbocycles. The lowest BCUT2D eigenvalue weighted by atomic mass is 9.93. The van der Waals surface area contributed by atoms with Crippen LogP contribution in [0.3, 0.4) is 0 Å². The van der Waals surface area contributed by atoms with Gasteiger partial charge in [-0.15, -0.1) is 0 Å². The number of hydrogen-bond donors (Lipinski definition) is 1. The van der Waals surface area contributed by atoms with E-state index in [2.05, 4.69) is 10.2 Å². The van der Waals surface area contributed by atoms with Gasteiger partial charge in [0.05, 0.1) is 17.7 Å². The highest BCUT2D eigenvalue weighted by Gasteiger charge is 2.38. The Kier molecular flexibility index (Phi) is 10.4. The molecule has 4 nitrogen and oxygen atoms in total. The van der Waals surface area contributed by atoms with Crippen molar-refractivity contribution in [3.05, 3.63) is 64.7 Å². The van der Waals surface area contributed by atoms with Gasteiger partial charge in [-0.2, -0.15) is 26.3 Å². The maximum Gasteiger partial charge on any atom is 0.416 e. The van der Waals surface area contributed by atoms with E-state index in [4.69, 9.17) is 4.74 Å². The average Bonchev–Trinajstić information content (AvgIpc) is 2.93. The number of alkyl halides is 6. The molecule has 1 saturated carbocycles. The van der Waals surface area contributed by atoms with Gasteiger partial charge in [0, 0.05) is 44.8 Å². The van der Waals surface area contributed by atoms with Crippen LogP contribution < -0.4 is 10.1 Å². The van der Waals surface area contributed by atoms with Crippen LogP contribution in [0.2, 0.25) is 0 Å². The summed E-state index contributed by atoms with van der Waals surface area (Å²) in [6.45, 7) is 5.87. The number of para-hydroxylation sites is 1. The van der Waals surface area contributed by atoms with E-state index in [9.17, 15) is 26.3 Å². The summed E-state index contributed by atoms with van der Waals surface area (Å²) in [6, 6.07) is 9.51. The molecule has 0 spiro atoms. The van der Waals surface area contributed by atoms with Crippen molar-refractivity contribution in [3.63, 3.8) is 0 Å².